The van der Waals surface area contributed by atoms with Crippen LogP contribution in [0.4, 0.5) is 0 Å². The fourth-order valence-corrected chi connectivity index (χ4v) is 1.70. The fourth-order valence-electron chi connectivity index (χ4n) is 1.70. The van der Waals surface area contributed by atoms with E-state index in [0.717, 1.165) is 0 Å². The standard InChI is InChI=1S/C8H18N2/c1-4-10-5-7(2)9-8(3)6-10/h7-9H,4-6H2,1-3H3/t7-,8-/m1/s1. The molecule has 2 atom stereocenters. The van der Waals surface area contributed by atoms with Crippen molar-refractivity contribution in [3.63, 3.8) is 0 Å². The Hall–Kier alpha value is -0.0800. The van der Waals surface area contributed by atoms with Gasteiger partial charge in [0.2, 0.25) is 0 Å². The fraction of sp³-hybridized carbons (Fsp3) is 1.00. The smallest absolute Gasteiger partial charge is 0.0169 e. The highest BCUT2D eigenvalue weighted by Gasteiger charge is 2.18. The normalized spacial score (nSPS) is 36.3. The van der Waals surface area contributed by atoms with Gasteiger partial charge in [-0.3, -0.25) is 0 Å². The zero-order valence-electron chi connectivity index (χ0n) is 7.22. The quantitative estimate of drug-likeness (QED) is 0.579. The van der Waals surface area contributed by atoms with Gasteiger partial charge in [-0.25, -0.2) is 0 Å². The van der Waals surface area contributed by atoms with Gasteiger partial charge < -0.3 is 10.2 Å². The van der Waals surface area contributed by atoms with Crippen LogP contribution in [0.2, 0.25) is 0 Å². The van der Waals surface area contributed by atoms with E-state index >= 15 is 0 Å². The summed E-state index contributed by atoms with van der Waals surface area (Å²) in [5.74, 6) is 0. The van der Waals surface area contributed by atoms with Gasteiger partial charge >= 0.3 is 0 Å². The Balaban J connectivity index is 2.35. The first-order valence-corrected chi connectivity index (χ1v) is 4.20. The highest BCUT2D eigenvalue weighted by atomic mass is 15.2. The van der Waals surface area contributed by atoms with Gasteiger partial charge in [0.1, 0.15) is 0 Å². The van der Waals surface area contributed by atoms with E-state index in [1.165, 1.54) is 19.6 Å². The zero-order chi connectivity index (χ0) is 7.56. The molecule has 1 saturated heterocycles. The van der Waals surface area contributed by atoms with Crippen LogP contribution in [0.25, 0.3) is 0 Å². The van der Waals surface area contributed by atoms with Crippen LogP contribution < -0.4 is 5.32 Å². The molecule has 0 amide bonds. The molecule has 2 heteroatoms. The lowest BCUT2D eigenvalue weighted by Gasteiger charge is -2.35. The van der Waals surface area contributed by atoms with Gasteiger partial charge in [0.05, 0.1) is 0 Å². The molecule has 10 heavy (non-hydrogen) atoms. The van der Waals surface area contributed by atoms with Crippen molar-refractivity contribution in [3.8, 4) is 0 Å². The zero-order valence-corrected chi connectivity index (χ0v) is 7.22. The molecule has 1 rings (SSSR count). The van der Waals surface area contributed by atoms with Gasteiger partial charge in [-0.2, -0.15) is 0 Å². The third kappa shape index (κ3) is 1.96. The van der Waals surface area contributed by atoms with Crippen LogP contribution in [0.15, 0.2) is 0 Å². The van der Waals surface area contributed by atoms with Crippen LogP contribution in [0, 0.1) is 0 Å². The van der Waals surface area contributed by atoms with Crippen LogP contribution in [0.3, 0.4) is 0 Å². The van der Waals surface area contributed by atoms with E-state index in [0.29, 0.717) is 12.1 Å². The summed E-state index contributed by atoms with van der Waals surface area (Å²) in [4.78, 5) is 2.49. The Bertz CT molecular complexity index is 93.4. The molecule has 0 aromatic carbocycles. The molecule has 2 nitrogen and oxygen atoms in total. The minimum atomic E-state index is 0.670. The summed E-state index contributed by atoms with van der Waals surface area (Å²) in [7, 11) is 0. The van der Waals surface area contributed by atoms with Crippen LogP contribution in [0.1, 0.15) is 20.8 Å². The maximum Gasteiger partial charge on any atom is 0.0169 e. The Morgan fingerprint density at radius 3 is 2.20 bits per heavy atom. The SMILES string of the molecule is CCN1C[C@@H](C)N[C@H](C)C1. The predicted molar refractivity (Wildman–Crippen MR) is 44.2 cm³/mol. The minimum Gasteiger partial charge on any atom is -0.309 e. The van der Waals surface area contributed by atoms with Crippen molar-refractivity contribution < 1.29 is 0 Å². The van der Waals surface area contributed by atoms with Crippen LogP contribution in [0.5, 0.6) is 0 Å². The molecule has 0 bridgehead atoms. The molecule has 0 unspecified atom stereocenters. The molecule has 1 N–H and O–H groups in total. The third-order valence-corrected chi connectivity index (χ3v) is 2.08. The van der Waals surface area contributed by atoms with E-state index in [9.17, 15) is 0 Å². The van der Waals surface area contributed by atoms with Gasteiger partial charge in [0, 0.05) is 25.2 Å². The van der Waals surface area contributed by atoms with Crippen LogP contribution in [-0.4, -0.2) is 36.6 Å². The molecule has 0 aromatic rings. The predicted octanol–water partition coefficient (Wildman–Crippen LogP) is 0.689. The molecule has 0 aromatic heterocycles. The molecule has 1 aliphatic heterocycles. The average Bonchev–Trinajstić information content (AvgIpc) is 1.85. The van der Waals surface area contributed by atoms with E-state index in [2.05, 4.69) is 31.0 Å². The van der Waals surface area contributed by atoms with Crippen molar-refractivity contribution in [2.45, 2.75) is 32.9 Å². The minimum absolute atomic E-state index is 0.670. The molecule has 0 saturated carbocycles. The van der Waals surface area contributed by atoms with E-state index in [1.54, 1.807) is 0 Å². The monoisotopic (exact) mass is 142 g/mol. The molecule has 0 aliphatic carbocycles. The van der Waals surface area contributed by atoms with E-state index in [1.807, 2.05) is 0 Å². The topological polar surface area (TPSA) is 15.3 Å². The molecule has 1 heterocycles. The van der Waals surface area contributed by atoms with Crippen LogP contribution in [-0.2, 0) is 0 Å². The first kappa shape index (κ1) is 8.02. The molecular weight excluding hydrogens is 124 g/mol. The largest absolute Gasteiger partial charge is 0.309 e. The van der Waals surface area contributed by atoms with Crippen molar-refractivity contribution in [2.24, 2.45) is 0 Å². The lowest BCUT2D eigenvalue weighted by Crippen LogP contribution is -2.53. The van der Waals surface area contributed by atoms with Gasteiger partial charge in [-0.1, -0.05) is 6.92 Å². The number of nitrogens with zero attached hydrogens (tertiary/aromatic N) is 1. The third-order valence-electron chi connectivity index (χ3n) is 2.08. The van der Waals surface area contributed by atoms with Crippen molar-refractivity contribution in [1.29, 1.82) is 0 Å². The summed E-state index contributed by atoms with van der Waals surface area (Å²) in [6, 6.07) is 1.34. The number of rotatable bonds is 1. The maximum atomic E-state index is 3.50. The lowest BCUT2D eigenvalue weighted by atomic mass is 10.1. The molecular formula is C8H18N2. The Morgan fingerprint density at radius 2 is 1.80 bits per heavy atom. The van der Waals surface area contributed by atoms with E-state index in [4.69, 9.17) is 0 Å². The average molecular weight is 142 g/mol. The number of piperazine rings is 1. The number of likely N-dealkylation sites (N-methyl/N-ethyl adjacent to an activating group) is 1. The summed E-state index contributed by atoms with van der Waals surface area (Å²) in [5.41, 5.74) is 0. The first-order valence-electron chi connectivity index (χ1n) is 4.20. The summed E-state index contributed by atoms with van der Waals surface area (Å²) >= 11 is 0. The Kier molecular flexibility index (Phi) is 2.69. The molecule has 1 fully saturated rings. The maximum absolute atomic E-state index is 3.50. The second kappa shape index (κ2) is 3.35. The molecule has 0 radical (unpaired) electrons. The molecule has 1 aliphatic rings. The summed E-state index contributed by atoms with van der Waals surface area (Å²) in [6.07, 6.45) is 0. The van der Waals surface area contributed by atoms with Crippen molar-refractivity contribution >= 4 is 0 Å². The number of hydrogen-bond acceptors (Lipinski definition) is 2. The molecule has 60 valence electrons. The first-order chi connectivity index (χ1) is 4.72. The molecule has 0 spiro atoms. The Morgan fingerprint density at radius 1 is 1.30 bits per heavy atom. The van der Waals surface area contributed by atoms with Gasteiger partial charge in [-0.15, -0.1) is 0 Å². The second-order valence-electron chi connectivity index (χ2n) is 3.32. The summed E-state index contributed by atoms with van der Waals surface area (Å²) < 4.78 is 0. The summed E-state index contributed by atoms with van der Waals surface area (Å²) in [6.45, 7) is 10.3. The highest BCUT2D eigenvalue weighted by Crippen LogP contribution is 2.02. The Labute approximate surface area is 63.6 Å². The van der Waals surface area contributed by atoms with E-state index < -0.39 is 0 Å². The van der Waals surface area contributed by atoms with Crippen LogP contribution >= 0.6 is 0 Å². The van der Waals surface area contributed by atoms with Crippen molar-refractivity contribution in [1.82, 2.24) is 10.2 Å². The van der Waals surface area contributed by atoms with Crippen molar-refractivity contribution in [3.05, 3.63) is 0 Å². The number of hydrogen-bond donors (Lipinski definition) is 1. The highest BCUT2D eigenvalue weighted by molar-refractivity contribution is 4.79. The lowest BCUT2D eigenvalue weighted by molar-refractivity contribution is 0.181. The van der Waals surface area contributed by atoms with E-state index in [-0.39, 0.29) is 0 Å². The van der Waals surface area contributed by atoms with Crippen molar-refractivity contribution in [2.75, 3.05) is 19.6 Å². The van der Waals surface area contributed by atoms with Gasteiger partial charge in [0.15, 0.2) is 0 Å². The summed E-state index contributed by atoms with van der Waals surface area (Å²) in [5, 5.41) is 3.50. The van der Waals surface area contributed by atoms with Gasteiger partial charge in [-0.05, 0) is 20.4 Å². The number of nitrogens with one attached hydrogen (secondary N) is 1. The second-order valence-corrected chi connectivity index (χ2v) is 3.32. The van der Waals surface area contributed by atoms with Gasteiger partial charge in [0.25, 0.3) is 0 Å².